The van der Waals surface area contributed by atoms with Crippen LogP contribution in [0.5, 0.6) is 0 Å². The highest BCUT2D eigenvalue weighted by Crippen LogP contribution is 2.36. The number of aromatic nitrogens is 2. The van der Waals surface area contributed by atoms with Crippen molar-refractivity contribution in [1.82, 2.24) is 30.0 Å². The number of benzene rings is 3. The first-order valence-electron chi connectivity index (χ1n) is 21.4. The topological polar surface area (TPSA) is 171 Å². The van der Waals surface area contributed by atoms with Crippen molar-refractivity contribution in [3.8, 4) is 0 Å². The van der Waals surface area contributed by atoms with E-state index in [1.165, 1.54) is 12.8 Å². The van der Waals surface area contributed by atoms with E-state index < -0.39 is 29.7 Å². The van der Waals surface area contributed by atoms with Crippen molar-refractivity contribution < 1.29 is 28.8 Å². The van der Waals surface area contributed by atoms with Gasteiger partial charge in [0.1, 0.15) is 11.9 Å². The van der Waals surface area contributed by atoms with E-state index in [4.69, 9.17) is 4.98 Å². The second-order valence-electron chi connectivity index (χ2n) is 16.9. The van der Waals surface area contributed by atoms with Crippen LogP contribution >= 0.6 is 0 Å². The lowest BCUT2D eigenvalue weighted by molar-refractivity contribution is -0.136. The molecule has 15 heteroatoms. The third kappa shape index (κ3) is 7.85. The molecule has 60 heavy (non-hydrogen) atoms. The number of imide groups is 2. The number of carbonyl (C=O) groups is 6. The van der Waals surface area contributed by atoms with Gasteiger partial charge in [0.05, 0.1) is 34.4 Å². The fourth-order valence-corrected chi connectivity index (χ4v) is 9.58. The van der Waals surface area contributed by atoms with Crippen LogP contribution in [0.25, 0.3) is 11.0 Å². The van der Waals surface area contributed by atoms with E-state index in [2.05, 4.69) is 37.2 Å². The van der Waals surface area contributed by atoms with Gasteiger partial charge < -0.3 is 25.0 Å². The van der Waals surface area contributed by atoms with Gasteiger partial charge in [0, 0.05) is 75.1 Å². The summed E-state index contributed by atoms with van der Waals surface area (Å²) in [4.78, 5) is 95.6. The van der Waals surface area contributed by atoms with E-state index in [-0.39, 0.29) is 30.2 Å². The van der Waals surface area contributed by atoms with Gasteiger partial charge in [-0.3, -0.25) is 43.9 Å². The minimum absolute atomic E-state index is 0.0759. The number of H-pyrrole nitrogens is 1. The predicted molar refractivity (Wildman–Crippen MR) is 226 cm³/mol. The second kappa shape index (κ2) is 16.5. The number of hydrogen-bond acceptors (Lipinski definition) is 10. The quantitative estimate of drug-likeness (QED) is 0.193. The second-order valence-corrected chi connectivity index (χ2v) is 16.9. The van der Waals surface area contributed by atoms with Crippen LogP contribution in [-0.2, 0) is 20.9 Å². The van der Waals surface area contributed by atoms with Gasteiger partial charge in [-0.15, -0.1) is 0 Å². The number of rotatable bonds is 10. The van der Waals surface area contributed by atoms with Gasteiger partial charge in [-0.25, -0.2) is 4.98 Å². The number of nitrogens with one attached hydrogen (secondary N) is 3. The van der Waals surface area contributed by atoms with Crippen LogP contribution in [0.15, 0.2) is 60.7 Å². The molecule has 1 unspecified atom stereocenters. The maximum absolute atomic E-state index is 13.6. The molecule has 6 heterocycles. The molecule has 0 saturated carbocycles. The fraction of sp³-hybridized carbons (Fsp3) is 0.444. The first kappa shape index (κ1) is 39.4. The van der Waals surface area contributed by atoms with Gasteiger partial charge in [-0.2, -0.15) is 0 Å². The van der Waals surface area contributed by atoms with Crippen LogP contribution in [0.2, 0.25) is 0 Å². The Balaban J connectivity index is 0.719. The van der Waals surface area contributed by atoms with Crippen LogP contribution in [0, 0.1) is 5.92 Å². The average molecular weight is 814 g/mol. The molecule has 9 rings (SSSR count). The SMILES string of the molecule is C[C@H]1CCCN1Cc1nc2cc(NC(=O)c3ccc(N4CCN(C(=O)CCC5CCN(c6cccc7c6C(=O)N(C6CCC(=O)NC6=O)C7=O)CC5)CC4)cc3)ccc2[nH]1. The van der Waals surface area contributed by atoms with Gasteiger partial charge in [-0.05, 0) is 113 Å². The monoisotopic (exact) mass is 813 g/mol. The molecule has 5 aliphatic rings. The first-order valence-corrected chi connectivity index (χ1v) is 21.4. The van der Waals surface area contributed by atoms with Crippen molar-refractivity contribution in [3.63, 3.8) is 0 Å². The molecule has 4 saturated heterocycles. The summed E-state index contributed by atoms with van der Waals surface area (Å²) < 4.78 is 0. The zero-order valence-corrected chi connectivity index (χ0v) is 34.0. The lowest BCUT2D eigenvalue weighted by Crippen LogP contribution is -2.54. The molecule has 0 spiro atoms. The number of anilines is 3. The Morgan fingerprint density at radius 3 is 2.35 bits per heavy atom. The number of fused-ring (bicyclic) bond motifs is 2. The zero-order chi connectivity index (χ0) is 41.5. The van der Waals surface area contributed by atoms with Crippen molar-refractivity contribution in [2.75, 3.05) is 60.9 Å². The van der Waals surface area contributed by atoms with Crippen molar-refractivity contribution in [2.45, 2.75) is 76.9 Å². The number of carbonyl (C=O) groups excluding carboxylic acids is 6. The molecule has 5 aliphatic heterocycles. The highest BCUT2D eigenvalue weighted by atomic mass is 16.2. The molecule has 4 aromatic rings. The molecule has 4 fully saturated rings. The van der Waals surface area contributed by atoms with Crippen molar-refractivity contribution in [3.05, 3.63) is 83.2 Å². The highest BCUT2D eigenvalue weighted by molar-refractivity contribution is 6.25. The summed E-state index contributed by atoms with van der Waals surface area (Å²) in [5.41, 5.74) is 5.35. The van der Waals surface area contributed by atoms with Crippen LogP contribution < -0.4 is 20.4 Å². The van der Waals surface area contributed by atoms with Gasteiger partial charge in [0.15, 0.2) is 0 Å². The molecule has 3 N–H and O–H groups in total. The number of piperidine rings is 2. The Kier molecular flexibility index (Phi) is 10.8. The van der Waals surface area contributed by atoms with Gasteiger partial charge in [0.25, 0.3) is 17.7 Å². The summed E-state index contributed by atoms with van der Waals surface area (Å²) >= 11 is 0. The lowest BCUT2D eigenvalue weighted by atomic mass is 9.91. The Bertz CT molecular complexity index is 2340. The van der Waals surface area contributed by atoms with Gasteiger partial charge in [0.2, 0.25) is 17.7 Å². The maximum atomic E-state index is 13.6. The summed E-state index contributed by atoms with van der Waals surface area (Å²) in [5, 5.41) is 5.27. The van der Waals surface area contributed by atoms with E-state index in [0.717, 1.165) is 59.8 Å². The molecule has 15 nitrogen and oxygen atoms in total. The summed E-state index contributed by atoms with van der Waals surface area (Å²) in [5.74, 6) is -0.741. The Hall–Kier alpha value is -6.09. The molecular formula is C45H51N9O6. The molecular weight excluding hydrogens is 763 g/mol. The smallest absolute Gasteiger partial charge is 0.264 e. The standard InChI is InChI=1S/C45H51N9O6/c1-28-4-3-19-53(28)27-38-47-34-13-10-31(26-35(34)48-38)46-42(57)30-8-11-32(12-9-30)50-22-24-52(25-23-50)40(56)16-7-29-17-20-51(21-18-29)36-6-2-5-33-41(36)45(60)54(44(33)59)37-14-15-39(55)49-43(37)58/h2,5-6,8-13,26,28-29,37H,3-4,7,14-25,27H2,1H3,(H,46,57)(H,47,48)(H,49,55,58)/t28-,37?/m0/s1. The number of piperazine rings is 1. The number of nitrogens with zero attached hydrogens (tertiary/aromatic N) is 6. The molecule has 0 radical (unpaired) electrons. The molecule has 3 aromatic carbocycles. The summed E-state index contributed by atoms with van der Waals surface area (Å²) in [6.07, 6.45) is 5.62. The fourth-order valence-electron chi connectivity index (χ4n) is 9.58. The third-order valence-electron chi connectivity index (χ3n) is 13.1. The first-order chi connectivity index (χ1) is 29.1. The minimum atomic E-state index is -1.00. The molecule has 2 atom stereocenters. The average Bonchev–Trinajstić information content (AvgIpc) is 3.94. The van der Waals surface area contributed by atoms with Crippen molar-refractivity contribution in [1.29, 1.82) is 0 Å². The Labute approximate surface area is 348 Å². The summed E-state index contributed by atoms with van der Waals surface area (Å²) in [6, 6.07) is 18.2. The van der Waals surface area contributed by atoms with E-state index in [0.29, 0.717) is 80.2 Å². The molecule has 1 aromatic heterocycles. The molecule has 0 aliphatic carbocycles. The summed E-state index contributed by atoms with van der Waals surface area (Å²) in [7, 11) is 0. The van der Waals surface area contributed by atoms with Crippen LogP contribution in [0.1, 0.15) is 95.2 Å². The van der Waals surface area contributed by atoms with Crippen molar-refractivity contribution >= 4 is 63.5 Å². The molecule has 312 valence electrons. The number of imidazole rings is 1. The minimum Gasteiger partial charge on any atom is -0.371 e. The Morgan fingerprint density at radius 1 is 0.833 bits per heavy atom. The van der Waals surface area contributed by atoms with Crippen LogP contribution in [-0.4, -0.2) is 118 Å². The number of hydrogen-bond donors (Lipinski definition) is 3. The number of likely N-dealkylation sites (tertiary alicyclic amines) is 1. The summed E-state index contributed by atoms with van der Waals surface area (Å²) in [6.45, 7) is 8.21. The third-order valence-corrected chi connectivity index (χ3v) is 13.1. The predicted octanol–water partition coefficient (Wildman–Crippen LogP) is 4.55. The van der Waals surface area contributed by atoms with E-state index >= 15 is 0 Å². The molecule has 6 amide bonds. The van der Waals surface area contributed by atoms with E-state index in [1.54, 1.807) is 12.1 Å². The lowest BCUT2D eigenvalue weighted by Gasteiger charge is -2.37. The highest BCUT2D eigenvalue weighted by Gasteiger charge is 2.46. The maximum Gasteiger partial charge on any atom is 0.264 e. The number of aromatic amines is 1. The zero-order valence-electron chi connectivity index (χ0n) is 34.0. The van der Waals surface area contributed by atoms with Gasteiger partial charge >= 0.3 is 0 Å². The number of amides is 6. The molecule has 0 bridgehead atoms. The van der Waals surface area contributed by atoms with Crippen molar-refractivity contribution in [2.24, 2.45) is 5.92 Å². The van der Waals surface area contributed by atoms with Gasteiger partial charge in [-0.1, -0.05) is 6.07 Å². The van der Waals surface area contributed by atoms with Crippen LogP contribution in [0.4, 0.5) is 17.1 Å². The van der Waals surface area contributed by atoms with E-state index in [9.17, 15) is 28.8 Å². The normalized spacial score (nSPS) is 21.6. The van der Waals surface area contributed by atoms with E-state index in [1.807, 2.05) is 53.4 Å². The largest absolute Gasteiger partial charge is 0.371 e. The van der Waals surface area contributed by atoms with Crippen LogP contribution in [0.3, 0.4) is 0 Å². The Morgan fingerprint density at radius 2 is 1.62 bits per heavy atom.